The fraction of sp³-hybridized carbons (Fsp3) is 0.565. The maximum absolute atomic E-state index is 13.3. The first-order chi connectivity index (χ1) is 15.4. The number of rotatable bonds is 8. The number of carbonyl (C=O) groups is 3. The van der Waals surface area contributed by atoms with E-state index < -0.39 is 5.54 Å². The minimum atomic E-state index is -1.05. The molecule has 1 atom stereocenters. The van der Waals surface area contributed by atoms with Crippen LogP contribution in [-0.4, -0.2) is 57.1 Å². The second kappa shape index (κ2) is 9.18. The molecule has 2 aromatic heterocycles. The van der Waals surface area contributed by atoms with Crippen LogP contribution >= 0.6 is 0 Å². The molecule has 32 heavy (non-hydrogen) atoms. The molecule has 3 heterocycles. The summed E-state index contributed by atoms with van der Waals surface area (Å²) in [7, 11) is 0. The smallest absolute Gasteiger partial charge is 0.273 e. The van der Waals surface area contributed by atoms with E-state index in [9.17, 15) is 14.4 Å². The van der Waals surface area contributed by atoms with Crippen molar-refractivity contribution in [3.63, 3.8) is 0 Å². The Morgan fingerprint density at radius 3 is 2.78 bits per heavy atom. The fourth-order valence-corrected chi connectivity index (χ4v) is 4.58. The van der Waals surface area contributed by atoms with Crippen molar-refractivity contribution in [2.75, 3.05) is 13.1 Å². The SMILES string of the molecule is CCCN1C(=O)c2cc(C(=O)NCCc3ccco3)nn2CC1(C)C(=O)NC1CCCC1. The van der Waals surface area contributed by atoms with Crippen LogP contribution in [0.1, 0.15) is 72.7 Å². The normalized spacial score (nSPS) is 20.9. The van der Waals surface area contributed by atoms with E-state index in [1.165, 1.54) is 10.7 Å². The molecular formula is C23H31N5O4. The lowest BCUT2D eigenvalue weighted by Crippen LogP contribution is -2.65. The molecule has 1 fully saturated rings. The van der Waals surface area contributed by atoms with Gasteiger partial charge >= 0.3 is 0 Å². The number of aromatic nitrogens is 2. The summed E-state index contributed by atoms with van der Waals surface area (Å²) in [5.74, 6) is -0.00428. The van der Waals surface area contributed by atoms with Crippen molar-refractivity contribution in [1.29, 1.82) is 0 Å². The van der Waals surface area contributed by atoms with Crippen LogP contribution < -0.4 is 10.6 Å². The third kappa shape index (κ3) is 4.28. The van der Waals surface area contributed by atoms with E-state index in [4.69, 9.17) is 4.42 Å². The van der Waals surface area contributed by atoms with Gasteiger partial charge in [0.1, 0.15) is 17.0 Å². The molecule has 0 bridgehead atoms. The second-order valence-corrected chi connectivity index (χ2v) is 8.84. The topological polar surface area (TPSA) is 109 Å². The van der Waals surface area contributed by atoms with Crippen LogP contribution in [0.25, 0.3) is 0 Å². The Morgan fingerprint density at radius 1 is 1.31 bits per heavy atom. The molecule has 1 unspecified atom stereocenters. The summed E-state index contributed by atoms with van der Waals surface area (Å²) < 4.78 is 6.77. The first kappa shape index (κ1) is 22.1. The molecule has 0 aromatic carbocycles. The molecule has 0 radical (unpaired) electrons. The monoisotopic (exact) mass is 441 g/mol. The van der Waals surface area contributed by atoms with Crippen LogP contribution in [0.2, 0.25) is 0 Å². The van der Waals surface area contributed by atoms with Crippen LogP contribution in [0.4, 0.5) is 0 Å². The number of hydrogen-bond donors (Lipinski definition) is 2. The summed E-state index contributed by atoms with van der Waals surface area (Å²) in [6.45, 7) is 4.84. The Hall–Kier alpha value is -3.10. The van der Waals surface area contributed by atoms with Crippen LogP contribution in [0.15, 0.2) is 28.9 Å². The van der Waals surface area contributed by atoms with E-state index in [0.29, 0.717) is 25.2 Å². The Kier molecular flexibility index (Phi) is 6.34. The van der Waals surface area contributed by atoms with E-state index in [1.54, 1.807) is 24.2 Å². The quantitative estimate of drug-likeness (QED) is 0.652. The van der Waals surface area contributed by atoms with Crippen molar-refractivity contribution < 1.29 is 18.8 Å². The Bertz CT molecular complexity index is 977. The highest BCUT2D eigenvalue weighted by atomic mass is 16.3. The van der Waals surface area contributed by atoms with Gasteiger partial charge in [0.15, 0.2) is 5.69 Å². The Labute approximate surface area is 187 Å². The van der Waals surface area contributed by atoms with Gasteiger partial charge in [-0.25, -0.2) is 0 Å². The molecule has 9 heteroatoms. The van der Waals surface area contributed by atoms with Gasteiger partial charge in [0.2, 0.25) is 5.91 Å². The summed E-state index contributed by atoms with van der Waals surface area (Å²) in [4.78, 5) is 40.8. The summed E-state index contributed by atoms with van der Waals surface area (Å²) in [5.41, 5.74) is -0.549. The molecule has 3 amide bonds. The third-order valence-corrected chi connectivity index (χ3v) is 6.39. The highest BCUT2D eigenvalue weighted by Gasteiger charge is 2.48. The van der Waals surface area contributed by atoms with E-state index >= 15 is 0 Å². The van der Waals surface area contributed by atoms with Crippen LogP contribution in [-0.2, 0) is 17.8 Å². The van der Waals surface area contributed by atoms with Gasteiger partial charge < -0.3 is 20.0 Å². The van der Waals surface area contributed by atoms with Gasteiger partial charge in [-0.2, -0.15) is 5.10 Å². The minimum Gasteiger partial charge on any atom is -0.469 e. The highest BCUT2D eigenvalue weighted by Crippen LogP contribution is 2.29. The van der Waals surface area contributed by atoms with E-state index in [0.717, 1.165) is 37.9 Å². The number of amides is 3. The molecule has 9 nitrogen and oxygen atoms in total. The molecule has 0 spiro atoms. The highest BCUT2D eigenvalue weighted by molar-refractivity contribution is 6.01. The molecule has 1 aliphatic carbocycles. The number of nitrogens with zero attached hydrogens (tertiary/aromatic N) is 3. The zero-order chi connectivity index (χ0) is 22.7. The van der Waals surface area contributed by atoms with Crippen molar-refractivity contribution in [1.82, 2.24) is 25.3 Å². The van der Waals surface area contributed by atoms with Crippen molar-refractivity contribution >= 4 is 17.7 Å². The molecule has 172 valence electrons. The number of hydrogen-bond acceptors (Lipinski definition) is 5. The van der Waals surface area contributed by atoms with Crippen molar-refractivity contribution in [3.8, 4) is 0 Å². The molecular weight excluding hydrogens is 410 g/mol. The number of carbonyl (C=O) groups excluding carboxylic acids is 3. The molecule has 2 aromatic rings. The average Bonchev–Trinajstić information content (AvgIpc) is 3.53. The molecule has 1 saturated carbocycles. The molecule has 4 rings (SSSR count). The van der Waals surface area contributed by atoms with Crippen LogP contribution in [0.5, 0.6) is 0 Å². The van der Waals surface area contributed by atoms with Gasteiger partial charge in [-0.05, 0) is 38.3 Å². The summed E-state index contributed by atoms with van der Waals surface area (Å²) in [6.07, 6.45) is 7.05. The maximum atomic E-state index is 13.3. The first-order valence-electron chi connectivity index (χ1n) is 11.4. The predicted molar refractivity (Wildman–Crippen MR) is 117 cm³/mol. The van der Waals surface area contributed by atoms with E-state index in [1.807, 2.05) is 13.0 Å². The Balaban J connectivity index is 1.50. The van der Waals surface area contributed by atoms with Gasteiger partial charge in [0, 0.05) is 31.6 Å². The molecule has 2 N–H and O–H groups in total. The lowest BCUT2D eigenvalue weighted by atomic mass is 9.94. The van der Waals surface area contributed by atoms with E-state index in [2.05, 4.69) is 15.7 Å². The van der Waals surface area contributed by atoms with Gasteiger partial charge in [-0.15, -0.1) is 0 Å². The van der Waals surface area contributed by atoms with E-state index in [-0.39, 0.29) is 36.0 Å². The zero-order valence-corrected chi connectivity index (χ0v) is 18.7. The summed E-state index contributed by atoms with van der Waals surface area (Å²) >= 11 is 0. The van der Waals surface area contributed by atoms with Crippen molar-refractivity contribution in [2.45, 2.75) is 70.5 Å². The molecule has 0 saturated heterocycles. The molecule has 2 aliphatic rings. The van der Waals surface area contributed by atoms with Crippen LogP contribution in [0.3, 0.4) is 0 Å². The lowest BCUT2D eigenvalue weighted by molar-refractivity contribution is -0.133. The predicted octanol–water partition coefficient (Wildman–Crippen LogP) is 2.13. The maximum Gasteiger partial charge on any atom is 0.273 e. The summed E-state index contributed by atoms with van der Waals surface area (Å²) in [6, 6.07) is 5.32. The third-order valence-electron chi connectivity index (χ3n) is 6.39. The standard InChI is InChI=1S/C23H31N5O4/c1-3-12-27-21(30)19-14-18(20(29)24-11-10-17-9-6-13-32-17)26-28(19)15-23(27,2)22(31)25-16-7-4-5-8-16/h6,9,13-14,16H,3-5,7-8,10-12,15H2,1-2H3,(H,24,29)(H,25,31). The second-order valence-electron chi connectivity index (χ2n) is 8.84. The number of nitrogens with one attached hydrogen (secondary N) is 2. The number of furan rings is 1. The zero-order valence-electron chi connectivity index (χ0n) is 18.7. The van der Waals surface area contributed by atoms with Gasteiger partial charge in [-0.3, -0.25) is 19.1 Å². The summed E-state index contributed by atoms with van der Waals surface area (Å²) in [5, 5.41) is 10.3. The van der Waals surface area contributed by atoms with Gasteiger partial charge in [0.05, 0.1) is 12.8 Å². The minimum absolute atomic E-state index is 0.156. The molecule has 1 aliphatic heterocycles. The lowest BCUT2D eigenvalue weighted by Gasteiger charge is -2.43. The van der Waals surface area contributed by atoms with Gasteiger partial charge in [0.25, 0.3) is 11.8 Å². The average molecular weight is 442 g/mol. The number of fused-ring (bicyclic) bond motifs is 1. The van der Waals surface area contributed by atoms with Crippen molar-refractivity contribution in [3.05, 3.63) is 41.6 Å². The van der Waals surface area contributed by atoms with Gasteiger partial charge in [-0.1, -0.05) is 19.8 Å². The largest absolute Gasteiger partial charge is 0.469 e. The van der Waals surface area contributed by atoms with Crippen molar-refractivity contribution in [2.24, 2.45) is 0 Å². The first-order valence-corrected chi connectivity index (χ1v) is 11.4. The Morgan fingerprint density at radius 2 is 2.09 bits per heavy atom. The van der Waals surface area contributed by atoms with Crippen LogP contribution in [0, 0.1) is 0 Å². The fourth-order valence-electron chi connectivity index (χ4n) is 4.58.